The van der Waals surface area contributed by atoms with Crippen LogP contribution in [0.15, 0.2) is 135 Å². The van der Waals surface area contributed by atoms with Crippen LogP contribution in [0.2, 0.25) is 0 Å². The lowest BCUT2D eigenvalue weighted by atomic mass is 10.0. The van der Waals surface area contributed by atoms with Crippen LogP contribution in [0.1, 0.15) is 22.3 Å². The Balaban J connectivity index is 1.30. The number of amides is 4. The van der Waals surface area contributed by atoms with Gasteiger partial charge < -0.3 is 14.2 Å². The van der Waals surface area contributed by atoms with Gasteiger partial charge in [0.1, 0.15) is 36.2 Å². The first-order valence-electron chi connectivity index (χ1n) is 15.5. The lowest BCUT2D eigenvalue weighted by Gasteiger charge is -2.21. The summed E-state index contributed by atoms with van der Waals surface area (Å²) in [5.41, 5.74) is 4.12. The fraction of sp³-hybridized carbons (Fsp3) is 0.100. The molecule has 0 atom stereocenters. The zero-order valence-electron chi connectivity index (χ0n) is 26.5. The van der Waals surface area contributed by atoms with E-state index in [-0.39, 0.29) is 0 Å². The number of hydrogen-bond acceptors (Lipinski definition) is 7. The normalized spacial score (nSPS) is 13.7. The van der Waals surface area contributed by atoms with Gasteiger partial charge in [-0.25, -0.2) is 9.80 Å². The van der Waals surface area contributed by atoms with E-state index >= 15 is 0 Å². The number of benzene rings is 4. The summed E-state index contributed by atoms with van der Waals surface area (Å²) in [6.07, 6.45) is 9.13. The average molecular weight is 653 g/mol. The van der Waals surface area contributed by atoms with E-state index in [0.717, 1.165) is 32.1 Å². The molecule has 0 aliphatic carbocycles. The summed E-state index contributed by atoms with van der Waals surface area (Å²) in [5.74, 6) is 0.281. The van der Waals surface area contributed by atoms with Crippen molar-refractivity contribution in [2.24, 2.45) is 0 Å². The maximum Gasteiger partial charge on any atom is 0.258 e. The number of carbonyl (C=O) groups is 4. The summed E-state index contributed by atoms with van der Waals surface area (Å²) in [6.45, 7) is 8.11. The van der Waals surface area contributed by atoms with Crippen LogP contribution < -0.4 is 24.0 Å². The van der Waals surface area contributed by atoms with Crippen LogP contribution in [-0.2, 0) is 32.0 Å². The quantitative estimate of drug-likeness (QED) is 0.111. The maximum atomic E-state index is 12.8. The van der Waals surface area contributed by atoms with E-state index in [1.807, 2.05) is 48.5 Å². The second-order valence-electron chi connectivity index (χ2n) is 11.2. The van der Waals surface area contributed by atoms with Gasteiger partial charge >= 0.3 is 0 Å². The van der Waals surface area contributed by atoms with Gasteiger partial charge in [0, 0.05) is 36.4 Å². The van der Waals surface area contributed by atoms with Crippen molar-refractivity contribution < 1.29 is 33.4 Å². The minimum atomic E-state index is -0.456. The van der Waals surface area contributed by atoms with Gasteiger partial charge in [-0.3, -0.25) is 19.2 Å². The number of carbonyl (C=O) groups excluding carboxylic acids is 4. The molecule has 0 fully saturated rings. The van der Waals surface area contributed by atoms with Crippen molar-refractivity contribution >= 4 is 35.0 Å². The highest BCUT2D eigenvalue weighted by Gasteiger charge is 2.29. The molecule has 244 valence electrons. The molecule has 2 heterocycles. The molecule has 4 aromatic rings. The number of ether oxygens (including phenoxy) is 3. The Morgan fingerprint density at radius 3 is 1.18 bits per heavy atom. The molecule has 0 saturated carbocycles. The van der Waals surface area contributed by atoms with Gasteiger partial charge in [0.15, 0.2) is 0 Å². The standard InChI is InChI=1S/C40H32N2O7/c1-3-21-47-31-11-5-27(6-12-31)23-29-9-15-33(25-35(29)41-37(43)17-18-38(41)44)49-34-16-10-30(36(26-34)42-39(45)19-20-40(42)46)24-28-7-13-32(14-8-28)48-22-4-2/h3-20,25-26H,1-2,21-24H2. The molecule has 49 heavy (non-hydrogen) atoms. The highest BCUT2D eigenvalue weighted by molar-refractivity contribution is 6.29. The van der Waals surface area contributed by atoms with Crippen molar-refractivity contribution in [3.8, 4) is 23.0 Å². The van der Waals surface area contributed by atoms with Crippen molar-refractivity contribution in [1.29, 1.82) is 0 Å². The molecule has 6 rings (SSSR count). The Morgan fingerprint density at radius 1 is 0.490 bits per heavy atom. The fourth-order valence-corrected chi connectivity index (χ4v) is 5.50. The van der Waals surface area contributed by atoms with Crippen molar-refractivity contribution in [3.63, 3.8) is 0 Å². The van der Waals surface area contributed by atoms with Gasteiger partial charge in [-0.05, 0) is 71.5 Å². The molecule has 2 aliphatic rings. The minimum Gasteiger partial charge on any atom is -0.490 e. The Hall–Kier alpha value is -6.48. The van der Waals surface area contributed by atoms with Gasteiger partial charge in [-0.1, -0.05) is 61.7 Å². The molecule has 0 bridgehead atoms. The Morgan fingerprint density at radius 2 is 0.837 bits per heavy atom. The topological polar surface area (TPSA) is 102 Å². The van der Waals surface area contributed by atoms with Gasteiger partial charge in [-0.2, -0.15) is 0 Å². The first kappa shape index (κ1) is 32.5. The lowest BCUT2D eigenvalue weighted by molar-refractivity contribution is -0.121. The summed E-state index contributed by atoms with van der Waals surface area (Å²) in [4.78, 5) is 53.3. The van der Waals surface area contributed by atoms with E-state index in [1.54, 1.807) is 48.6 Å². The molecule has 0 N–H and O–H groups in total. The van der Waals surface area contributed by atoms with Crippen LogP contribution in [0.5, 0.6) is 23.0 Å². The number of rotatable bonds is 14. The van der Waals surface area contributed by atoms with E-state index in [9.17, 15) is 19.2 Å². The van der Waals surface area contributed by atoms with Gasteiger partial charge in [0.05, 0.1) is 11.4 Å². The molecule has 9 nitrogen and oxygen atoms in total. The van der Waals surface area contributed by atoms with Crippen LogP contribution in [0, 0.1) is 0 Å². The monoisotopic (exact) mass is 652 g/mol. The first-order chi connectivity index (χ1) is 23.8. The second kappa shape index (κ2) is 14.5. The number of anilines is 2. The van der Waals surface area contributed by atoms with Crippen LogP contribution in [0.4, 0.5) is 11.4 Å². The number of imide groups is 2. The van der Waals surface area contributed by atoms with Crippen LogP contribution in [-0.4, -0.2) is 36.8 Å². The summed E-state index contributed by atoms with van der Waals surface area (Å²) in [5, 5.41) is 0. The second-order valence-corrected chi connectivity index (χ2v) is 11.2. The number of hydrogen-bond donors (Lipinski definition) is 0. The minimum absolute atomic E-state index is 0.352. The maximum absolute atomic E-state index is 12.8. The molecule has 0 radical (unpaired) electrons. The largest absolute Gasteiger partial charge is 0.490 e. The smallest absolute Gasteiger partial charge is 0.258 e. The molecular weight excluding hydrogens is 620 g/mol. The summed E-state index contributed by atoms with van der Waals surface area (Å²) < 4.78 is 17.4. The Labute approximate surface area is 283 Å². The fourth-order valence-electron chi connectivity index (χ4n) is 5.50. The molecule has 0 aromatic heterocycles. The summed E-state index contributed by atoms with van der Waals surface area (Å²) >= 11 is 0. The predicted octanol–water partition coefficient (Wildman–Crippen LogP) is 6.65. The Bertz CT molecular complexity index is 1830. The van der Waals surface area contributed by atoms with Crippen LogP contribution >= 0.6 is 0 Å². The summed E-state index contributed by atoms with van der Waals surface area (Å²) in [6, 6.07) is 25.5. The molecule has 0 spiro atoms. The van der Waals surface area contributed by atoms with Gasteiger partial charge in [0.2, 0.25) is 0 Å². The van der Waals surface area contributed by atoms with E-state index in [4.69, 9.17) is 14.2 Å². The predicted molar refractivity (Wildman–Crippen MR) is 186 cm³/mol. The van der Waals surface area contributed by atoms with Crippen molar-refractivity contribution in [2.75, 3.05) is 23.0 Å². The first-order valence-corrected chi connectivity index (χ1v) is 15.5. The summed E-state index contributed by atoms with van der Waals surface area (Å²) in [7, 11) is 0. The zero-order valence-corrected chi connectivity index (χ0v) is 26.5. The SMILES string of the molecule is C=CCOc1ccc(Cc2ccc(Oc3ccc(Cc4ccc(OCC=C)cc4)c(N4C(=O)C=CC4=O)c3)cc2N2C(=O)C=CC2=O)cc1. The third-order valence-electron chi connectivity index (χ3n) is 7.82. The van der Waals surface area contributed by atoms with E-state index in [0.29, 0.717) is 60.4 Å². The highest BCUT2D eigenvalue weighted by atomic mass is 16.5. The molecule has 2 aliphatic heterocycles. The van der Waals surface area contributed by atoms with Gasteiger partial charge in [-0.15, -0.1) is 0 Å². The van der Waals surface area contributed by atoms with Crippen molar-refractivity contribution in [2.45, 2.75) is 12.8 Å². The van der Waals surface area contributed by atoms with Crippen LogP contribution in [0.25, 0.3) is 0 Å². The van der Waals surface area contributed by atoms with Crippen molar-refractivity contribution in [3.05, 3.63) is 157 Å². The van der Waals surface area contributed by atoms with Crippen molar-refractivity contribution in [1.82, 2.24) is 0 Å². The highest BCUT2D eigenvalue weighted by Crippen LogP contribution is 2.36. The third kappa shape index (κ3) is 7.41. The van der Waals surface area contributed by atoms with E-state index in [1.165, 1.54) is 24.3 Å². The Kier molecular flexibility index (Phi) is 9.62. The van der Waals surface area contributed by atoms with Gasteiger partial charge in [0.25, 0.3) is 23.6 Å². The molecule has 0 saturated heterocycles. The molecule has 4 amide bonds. The number of nitrogens with zero attached hydrogens (tertiary/aromatic N) is 2. The molecule has 0 unspecified atom stereocenters. The zero-order chi connectivity index (χ0) is 34.3. The lowest BCUT2D eigenvalue weighted by Crippen LogP contribution is -2.30. The van der Waals surface area contributed by atoms with E-state index < -0.39 is 23.6 Å². The molecular formula is C40H32N2O7. The molecule has 4 aromatic carbocycles. The third-order valence-corrected chi connectivity index (χ3v) is 7.82. The van der Waals surface area contributed by atoms with Crippen LogP contribution in [0.3, 0.4) is 0 Å². The molecule has 9 heteroatoms. The van der Waals surface area contributed by atoms with E-state index in [2.05, 4.69) is 13.2 Å². The average Bonchev–Trinajstić information content (AvgIpc) is 3.63.